The quantitative estimate of drug-likeness (QED) is 0.409. The fourth-order valence-electron chi connectivity index (χ4n) is 3.18. The summed E-state index contributed by atoms with van der Waals surface area (Å²) in [6.07, 6.45) is 10.7. The van der Waals surface area contributed by atoms with E-state index in [1.54, 1.807) is 0 Å². The first-order valence-electron chi connectivity index (χ1n) is 9.08. The van der Waals surface area contributed by atoms with E-state index in [4.69, 9.17) is 0 Å². The molecule has 0 amide bonds. The third kappa shape index (κ3) is 4.48. The minimum Gasteiger partial charge on any atom is -0.288 e. The Balaban J connectivity index is 2.20. The second kappa shape index (κ2) is 7.83. The van der Waals surface area contributed by atoms with Crippen molar-refractivity contribution in [2.24, 2.45) is 10.4 Å². The molecule has 0 saturated carbocycles. The molecule has 1 aromatic rings. The number of rotatable bonds is 0. The standard InChI is InChI=1S/C24H24Br2N/c1-15-9-19(24(3,4)5)10-16(2)20(15)13-21-22(25)11-18(12-23(21)26)17-7-6-8-27-14-17/h6-7,9-12,14H,8H2,1-5H3/q+1. The van der Waals surface area contributed by atoms with Gasteiger partial charge in [0.1, 0.15) is 0 Å². The number of hydrogen-bond donors (Lipinski definition) is 0. The Bertz CT molecular complexity index is 1010. The van der Waals surface area contributed by atoms with Crippen molar-refractivity contribution in [2.45, 2.75) is 34.6 Å². The highest BCUT2D eigenvalue weighted by molar-refractivity contribution is 9.11. The number of dihydropyridines is 1. The van der Waals surface area contributed by atoms with Gasteiger partial charge in [-0.2, -0.15) is 0 Å². The van der Waals surface area contributed by atoms with E-state index in [9.17, 15) is 0 Å². The van der Waals surface area contributed by atoms with Crippen LogP contribution in [0.1, 0.15) is 34.6 Å². The summed E-state index contributed by atoms with van der Waals surface area (Å²) in [7, 11) is 0. The number of hydrogen-bond acceptors (Lipinski definition) is 1. The van der Waals surface area contributed by atoms with E-state index in [0.29, 0.717) is 0 Å². The molecule has 27 heavy (non-hydrogen) atoms. The molecule has 1 aliphatic carbocycles. The minimum absolute atomic E-state index is 0.142. The van der Waals surface area contributed by atoms with Gasteiger partial charge in [-0.05, 0) is 89.4 Å². The van der Waals surface area contributed by atoms with E-state index in [1.807, 2.05) is 6.21 Å². The molecule has 0 spiro atoms. The molecule has 0 bridgehead atoms. The predicted octanol–water partition coefficient (Wildman–Crippen LogP) is 5.84. The smallest absolute Gasteiger partial charge is 0.153 e. The van der Waals surface area contributed by atoms with Crippen molar-refractivity contribution in [1.29, 1.82) is 0 Å². The van der Waals surface area contributed by atoms with Gasteiger partial charge in [0.2, 0.25) is 0 Å². The summed E-state index contributed by atoms with van der Waals surface area (Å²) < 4.78 is 2.04. The van der Waals surface area contributed by atoms with Gasteiger partial charge in [0, 0.05) is 44.0 Å². The lowest BCUT2D eigenvalue weighted by Crippen LogP contribution is -2.16. The monoisotopic (exact) mass is 484 g/mol. The minimum atomic E-state index is 0.142. The van der Waals surface area contributed by atoms with Crippen molar-refractivity contribution < 1.29 is 0 Å². The van der Waals surface area contributed by atoms with Gasteiger partial charge in [0.15, 0.2) is 5.57 Å². The van der Waals surface area contributed by atoms with Crippen LogP contribution in [0.4, 0.5) is 0 Å². The normalized spacial score (nSPS) is 17.1. The summed E-state index contributed by atoms with van der Waals surface area (Å²) in [5.41, 5.74) is 8.66. The Morgan fingerprint density at radius 1 is 1.15 bits per heavy atom. The molecular weight excluding hydrogens is 462 g/mol. The van der Waals surface area contributed by atoms with Crippen molar-refractivity contribution in [3.05, 3.63) is 78.5 Å². The fourth-order valence-corrected chi connectivity index (χ4v) is 4.57. The Kier molecular flexibility index (Phi) is 5.86. The van der Waals surface area contributed by atoms with Gasteiger partial charge in [0.25, 0.3) is 0 Å². The molecule has 138 valence electrons. The van der Waals surface area contributed by atoms with Gasteiger partial charge in [-0.1, -0.05) is 12.2 Å². The van der Waals surface area contributed by atoms with Crippen molar-refractivity contribution in [3.8, 4) is 0 Å². The lowest BCUT2D eigenvalue weighted by Gasteiger charge is -2.21. The molecule has 0 saturated heterocycles. The van der Waals surface area contributed by atoms with Gasteiger partial charge in [-0.25, -0.2) is 0 Å². The summed E-state index contributed by atoms with van der Waals surface area (Å²) >= 11 is 7.49. The topological polar surface area (TPSA) is 12.4 Å². The summed E-state index contributed by atoms with van der Waals surface area (Å²) in [4.78, 5) is 4.34. The summed E-state index contributed by atoms with van der Waals surface area (Å²) in [6, 6.07) is 4.27. The molecule has 1 aromatic carbocycles. The van der Waals surface area contributed by atoms with Crippen molar-refractivity contribution in [3.63, 3.8) is 0 Å². The van der Waals surface area contributed by atoms with E-state index >= 15 is 0 Å². The van der Waals surface area contributed by atoms with Crippen LogP contribution in [0.25, 0.3) is 11.3 Å². The van der Waals surface area contributed by atoms with Crippen LogP contribution in [0.15, 0.2) is 67.1 Å². The van der Waals surface area contributed by atoms with Gasteiger partial charge < -0.3 is 0 Å². The number of aliphatic imine (C=N–C) groups is 1. The maximum absolute atomic E-state index is 4.34. The largest absolute Gasteiger partial charge is 0.288 e. The summed E-state index contributed by atoms with van der Waals surface area (Å²) in [5.74, 6) is 1.25. The highest BCUT2D eigenvalue weighted by Gasteiger charge is 2.29. The highest BCUT2D eigenvalue weighted by Crippen LogP contribution is 2.36. The molecule has 0 fully saturated rings. The first kappa shape index (κ1) is 20.2. The van der Waals surface area contributed by atoms with Gasteiger partial charge in [-0.15, -0.1) is 0 Å². The number of allylic oxidation sites excluding steroid dienone is 6. The highest BCUT2D eigenvalue weighted by atomic mass is 79.9. The number of benzene rings is 1. The third-order valence-electron chi connectivity index (χ3n) is 4.76. The Labute approximate surface area is 178 Å². The van der Waals surface area contributed by atoms with E-state index in [-0.39, 0.29) is 5.41 Å². The predicted molar refractivity (Wildman–Crippen MR) is 124 cm³/mol. The van der Waals surface area contributed by atoms with Gasteiger partial charge >= 0.3 is 0 Å². The van der Waals surface area contributed by atoms with Crippen LogP contribution in [0, 0.1) is 11.3 Å². The summed E-state index contributed by atoms with van der Waals surface area (Å²) in [6.45, 7) is 11.8. The molecule has 2 aliphatic rings. The molecular formula is C24H24Br2N+. The third-order valence-corrected chi connectivity index (χ3v) is 6.01. The SMILES string of the molecule is CC1=CC(C(C)(C)C)=C[C+](C)C1=C=c1c(Br)cc(=C2C=CCN=C2)cc1Br. The van der Waals surface area contributed by atoms with Crippen LogP contribution in [-0.2, 0) is 0 Å². The zero-order chi connectivity index (χ0) is 19.8. The maximum atomic E-state index is 4.34. The second-order valence-corrected chi connectivity index (χ2v) is 9.74. The molecule has 0 radical (unpaired) electrons. The molecule has 1 nitrogen and oxygen atoms in total. The first-order valence-corrected chi connectivity index (χ1v) is 10.7. The Morgan fingerprint density at radius 3 is 2.33 bits per heavy atom. The zero-order valence-corrected chi connectivity index (χ0v) is 19.6. The average Bonchev–Trinajstić information content (AvgIpc) is 2.59. The van der Waals surface area contributed by atoms with Crippen LogP contribution in [0.5, 0.6) is 0 Å². The van der Waals surface area contributed by atoms with E-state index in [2.05, 4.69) is 114 Å². The summed E-state index contributed by atoms with van der Waals surface area (Å²) in [5, 5.41) is 2.17. The molecule has 0 aromatic heterocycles. The number of halogens is 2. The molecule has 3 heteroatoms. The van der Waals surface area contributed by atoms with Crippen LogP contribution < -0.4 is 10.4 Å². The molecule has 1 aliphatic heterocycles. The lowest BCUT2D eigenvalue weighted by atomic mass is 9.77. The lowest BCUT2D eigenvalue weighted by molar-refractivity contribution is 0.514. The Hall–Kier alpha value is -1.54. The van der Waals surface area contributed by atoms with E-state index < -0.39 is 0 Å². The van der Waals surface area contributed by atoms with Crippen LogP contribution >= 0.6 is 31.9 Å². The molecule has 0 atom stereocenters. The second-order valence-electron chi connectivity index (χ2n) is 8.03. The average molecular weight is 486 g/mol. The molecule has 0 N–H and O–H groups in total. The fraction of sp³-hybridized carbons (Fsp3) is 0.292. The Morgan fingerprint density at radius 2 is 1.81 bits per heavy atom. The van der Waals surface area contributed by atoms with Gasteiger partial charge in [-0.3, -0.25) is 4.99 Å². The van der Waals surface area contributed by atoms with Crippen LogP contribution in [-0.4, -0.2) is 12.8 Å². The van der Waals surface area contributed by atoms with Crippen LogP contribution in [0.2, 0.25) is 0 Å². The molecule has 1 heterocycles. The van der Waals surface area contributed by atoms with Crippen molar-refractivity contribution in [2.75, 3.05) is 6.54 Å². The van der Waals surface area contributed by atoms with Gasteiger partial charge in [0.05, 0.1) is 23.3 Å². The zero-order valence-electron chi connectivity index (χ0n) is 16.5. The van der Waals surface area contributed by atoms with E-state index in [1.165, 1.54) is 17.1 Å². The van der Waals surface area contributed by atoms with Crippen LogP contribution in [0.3, 0.4) is 0 Å². The van der Waals surface area contributed by atoms with Crippen molar-refractivity contribution in [1.82, 2.24) is 0 Å². The first-order chi connectivity index (χ1) is 12.7. The molecule has 3 rings (SSSR count). The number of nitrogens with zero attached hydrogens (tertiary/aromatic N) is 1. The maximum Gasteiger partial charge on any atom is 0.153 e. The van der Waals surface area contributed by atoms with Crippen molar-refractivity contribution >= 4 is 49.4 Å². The molecule has 0 unspecified atom stereocenters. The van der Waals surface area contributed by atoms with E-state index in [0.717, 1.165) is 37.1 Å².